The number of methoxy groups -OCH3 is 2. The summed E-state index contributed by atoms with van der Waals surface area (Å²) < 4.78 is 23.3. The van der Waals surface area contributed by atoms with E-state index >= 15 is 0 Å². The smallest absolute Gasteiger partial charge is 0.239 e. The monoisotopic (exact) mass is 271 g/mol. The van der Waals surface area contributed by atoms with Crippen LogP contribution in [0.1, 0.15) is 0 Å². The minimum atomic E-state index is -0.539. The van der Waals surface area contributed by atoms with E-state index in [4.69, 9.17) is 15.2 Å². The number of nitrogens with one attached hydrogen (secondary N) is 2. The Morgan fingerprint density at radius 3 is 2.79 bits per heavy atom. The molecule has 1 aromatic rings. The number of benzene rings is 1. The molecular formula is C12H18FN3O3. The van der Waals surface area contributed by atoms with Gasteiger partial charge in [-0.3, -0.25) is 4.79 Å². The van der Waals surface area contributed by atoms with Gasteiger partial charge in [0.05, 0.1) is 31.6 Å². The number of hydrogen-bond acceptors (Lipinski definition) is 5. The average Bonchev–Trinajstić information content (AvgIpc) is 2.38. The molecule has 0 atom stereocenters. The topological polar surface area (TPSA) is 85.6 Å². The van der Waals surface area contributed by atoms with Crippen LogP contribution >= 0.6 is 0 Å². The number of carbonyl (C=O) groups excluding carboxylic acids is 1. The summed E-state index contributed by atoms with van der Waals surface area (Å²) in [6.45, 7) is 0.786. The number of ether oxygens (including phenoxy) is 2. The van der Waals surface area contributed by atoms with E-state index < -0.39 is 5.82 Å². The lowest BCUT2D eigenvalue weighted by Crippen LogP contribution is -2.32. The number of hydrogen-bond donors (Lipinski definition) is 3. The lowest BCUT2D eigenvalue weighted by Gasteiger charge is -2.11. The Balaban J connectivity index is 2.55. The molecule has 0 fully saturated rings. The molecule has 0 aliphatic heterocycles. The van der Waals surface area contributed by atoms with Crippen LogP contribution < -0.4 is 21.1 Å². The molecule has 4 N–H and O–H groups in total. The maximum Gasteiger partial charge on any atom is 0.239 e. The van der Waals surface area contributed by atoms with Gasteiger partial charge in [-0.05, 0) is 0 Å². The standard InChI is InChI=1S/C12H18FN3O3/c1-18-4-3-15-12(17)7-16-10-6-11(19-2)9(14)5-8(10)13/h5-6,16H,3-4,7,14H2,1-2H3,(H,15,17). The number of anilines is 2. The van der Waals surface area contributed by atoms with Crippen molar-refractivity contribution in [2.75, 3.05) is 45.0 Å². The number of carbonyl (C=O) groups is 1. The van der Waals surface area contributed by atoms with E-state index in [1.165, 1.54) is 13.2 Å². The second kappa shape index (κ2) is 7.42. The zero-order valence-electron chi connectivity index (χ0n) is 11.0. The molecule has 0 aromatic heterocycles. The van der Waals surface area contributed by atoms with E-state index in [1.54, 1.807) is 7.11 Å². The molecule has 0 saturated heterocycles. The van der Waals surface area contributed by atoms with Crippen LogP contribution in [0.4, 0.5) is 15.8 Å². The molecular weight excluding hydrogens is 253 g/mol. The van der Waals surface area contributed by atoms with Gasteiger partial charge < -0.3 is 25.8 Å². The molecule has 1 rings (SSSR count). The summed E-state index contributed by atoms with van der Waals surface area (Å²) in [6.07, 6.45) is 0. The van der Waals surface area contributed by atoms with E-state index in [0.717, 1.165) is 6.07 Å². The normalized spacial score (nSPS) is 10.1. The molecule has 0 spiro atoms. The molecule has 0 bridgehead atoms. The lowest BCUT2D eigenvalue weighted by molar-refractivity contribution is -0.119. The maximum absolute atomic E-state index is 13.6. The molecule has 7 heteroatoms. The van der Waals surface area contributed by atoms with Crippen molar-refractivity contribution in [1.82, 2.24) is 5.32 Å². The van der Waals surface area contributed by atoms with Gasteiger partial charge in [0.15, 0.2) is 0 Å². The number of amides is 1. The first-order chi connectivity index (χ1) is 9.08. The highest BCUT2D eigenvalue weighted by Crippen LogP contribution is 2.27. The number of halogens is 1. The fraction of sp³-hybridized carbons (Fsp3) is 0.417. The first kappa shape index (κ1) is 15.0. The van der Waals surface area contributed by atoms with E-state index in [-0.39, 0.29) is 23.8 Å². The Labute approximate surface area is 111 Å². The first-order valence-corrected chi connectivity index (χ1v) is 5.71. The zero-order valence-corrected chi connectivity index (χ0v) is 11.0. The van der Waals surface area contributed by atoms with Gasteiger partial charge in [0, 0.05) is 25.8 Å². The summed E-state index contributed by atoms with van der Waals surface area (Å²) in [5, 5.41) is 5.29. The second-order valence-electron chi connectivity index (χ2n) is 3.77. The molecule has 0 saturated carbocycles. The third-order valence-electron chi connectivity index (χ3n) is 2.39. The van der Waals surface area contributed by atoms with Crippen LogP contribution in [0.25, 0.3) is 0 Å². The Morgan fingerprint density at radius 1 is 1.42 bits per heavy atom. The molecule has 1 amide bonds. The minimum absolute atomic E-state index is 0.0479. The predicted octanol–water partition coefficient (Wildman–Crippen LogP) is 0.591. The maximum atomic E-state index is 13.6. The zero-order chi connectivity index (χ0) is 14.3. The van der Waals surface area contributed by atoms with Gasteiger partial charge in [-0.1, -0.05) is 0 Å². The molecule has 0 heterocycles. The molecule has 6 nitrogen and oxygen atoms in total. The van der Waals surface area contributed by atoms with Crippen LogP contribution in [0.5, 0.6) is 5.75 Å². The van der Waals surface area contributed by atoms with Gasteiger partial charge in [-0.25, -0.2) is 4.39 Å². The predicted molar refractivity (Wildman–Crippen MR) is 70.7 cm³/mol. The van der Waals surface area contributed by atoms with Gasteiger partial charge in [0.25, 0.3) is 0 Å². The molecule has 0 aliphatic carbocycles. The van der Waals surface area contributed by atoms with Crippen molar-refractivity contribution >= 4 is 17.3 Å². The summed E-state index contributed by atoms with van der Waals surface area (Å²) in [4.78, 5) is 11.4. The van der Waals surface area contributed by atoms with E-state index in [9.17, 15) is 9.18 Å². The SMILES string of the molecule is COCCNC(=O)CNc1cc(OC)c(N)cc1F. The van der Waals surface area contributed by atoms with Gasteiger partial charge in [0.1, 0.15) is 11.6 Å². The number of rotatable bonds is 7. The molecule has 0 aliphatic rings. The number of nitrogens with two attached hydrogens (primary N) is 1. The van der Waals surface area contributed by atoms with E-state index in [2.05, 4.69) is 10.6 Å². The van der Waals surface area contributed by atoms with Crippen LogP contribution in [0, 0.1) is 5.82 Å². The lowest BCUT2D eigenvalue weighted by atomic mass is 10.2. The van der Waals surface area contributed by atoms with Gasteiger partial charge in [-0.15, -0.1) is 0 Å². The summed E-state index contributed by atoms with van der Waals surface area (Å²) in [6, 6.07) is 2.55. The van der Waals surface area contributed by atoms with Crippen LogP contribution in [-0.4, -0.2) is 39.8 Å². The third-order valence-corrected chi connectivity index (χ3v) is 2.39. The highest BCUT2D eigenvalue weighted by molar-refractivity contribution is 5.81. The van der Waals surface area contributed by atoms with Gasteiger partial charge in [-0.2, -0.15) is 0 Å². The second-order valence-corrected chi connectivity index (χ2v) is 3.77. The molecule has 0 radical (unpaired) electrons. The first-order valence-electron chi connectivity index (χ1n) is 5.71. The molecule has 19 heavy (non-hydrogen) atoms. The van der Waals surface area contributed by atoms with Crippen molar-refractivity contribution in [3.63, 3.8) is 0 Å². The van der Waals surface area contributed by atoms with Crippen LogP contribution in [0.2, 0.25) is 0 Å². The van der Waals surface area contributed by atoms with Crippen LogP contribution in [-0.2, 0) is 9.53 Å². The van der Waals surface area contributed by atoms with Crippen LogP contribution in [0.15, 0.2) is 12.1 Å². The van der Waals surface area contributed by atoms with E-state index in [0.29, 0.717) is 18.9 Å². The quantitative estimate of drug-likeness (QED) is 0.499. The Bertz CT molecular complexity index is 440. The summed E-state index contributed by atoms with van der Waals surface area (Å²) in [7, 11) is 2.98. The summed E-state index contributed by atoms with van der Waals surface area (Å²) in [5.74, 6) is -0.445. The summed E-state index contributed by atoms with van der Waals surface area (Å²) >= 11 is 0. The third kappa shape index (κ3) is 4.63. The Kier molecular flexibility index (Phi) is 5.87. The minimum Gasteiger partial charge on any atom is -0.495 e. The van der Waals surface area contributed by atoms with Crippen molar-refractivity contribution in [2.24, 2.45) is 0 Å². The van der Waals surface area contributed by atoms with Gasteiger partial charge >= 0.3 is 0 Å². The van der Waals surface area contributed by atoms with Crippen molar-refractivity contribution in [2.45, 2.75) is 0 Å². The van der Waals surface area contributed by atoms with Crippen molar-refractivity contribution in [3.8, 4) is 5.75 Å². The Hall–Kier alpha value is -2.02. The van der Waals surface area contributed by atoms with Crippen molar-refractivity contribution in [1.29, 1.82) is 0 Å². The molecule has 1 aromatic carbocycles. The Morgan fingerprint density at radius 2 is 2.16 bits per heavy atom. The molecule has 106 valence electrons. The fourth-order valence-corrected chi connectivity index (χ4v) is 1.41. The summed E-state index contributed by atoms with van der Waals surface area (Å²) in [5.41, 5.74) is 5.92. The largest absolute Gasteiger partial charge is 0.495 e. The highest BCUT2D eigenvalue weighted by Gasteiger charge is 2.09. The highest BCUT2D eigenvalue weighted by atomic mass is 19.1. The van der Waals surface area contributed by atoms with Crippen molar-refractivity contribution < 1.29 is 18.7 Å². The van der Waals surface area contributed by atoms with Crippen molar-refractivity contribution in [3.05, 3.63) is 17.9 Å². The molecule has 0 unspecified atom stereocenters. The fourth-order valence-electron chi connectivity index (χ4n) is 1.41. The van der Waals surface area contributed by atoms with Gasteiger partial charge in [0.2, 0.25) is 5.91 Å². The van der Waals surface area contributed by atoms with Crippen LogP contribution in [0.3, 0.4) is 0 Å². The number of nitrogen functional groups attached to an aromatic ring is 1. The van der Waals surface area contributed by atoms with E-state index in [1.807, 2.05) is 0 Å². The average molecular weight is 271 g/mol.